The van der Waals surface area contributed by atoms with E-state index < -0.39 is 51.5 Å². The molecule has 0 spiro atoms. The van der Waals surface area contributed by atoms with E-state index in [-0.39, 0.29) is 27.0 Å². The van der Waals surface area contributed by atoms with Gasteiger partial charge >= 0.3 is 17.9 Å². The smallest absolute Gasteiger partial charge is 0.416 e. The molecular formula is C24H11Cl3F3N3O6. The molecule has 0 aromatic heterocycles. The van der Waals surface area contributed by atoms with Crippen molar-refractivity contribution in [2.24, 2.45) is 0 Å². The Bertz CT molecular complexity index is 1550. The summed E-state index contributed by atoms with van der Waals surface area (Å²) in [5.41, 5.74) is -2.47. The average molecular weight is 601 g/mol. The summed E-state index contributed by atoms with van der Waals surface area (Å²) in [7, 11) is 0. The molecule has 4 rings (SSSR count). The maximum atomic E-state index is 13.0. The van der Waals surface area contributed by atoms with E-state index in [1.807, 2.05) is 5.32 Å². The number of alkyl halides is 3. The van der Waals surface area contributed by atoms with E-state index >= 15 is 0 Å². The van der Waals surface area contributed by atoms with E-state index in [2.05, 4.69) is 0 Å². The second-order valence-corrected chi connectivity index (χ2v) is 9.04. The maximum absolute atomic E-state index is 13.0. The lowest BCUT2D eigenvalue weighted by Gasteiger charge is -2.26. The number of benzene rings is 3. The van der Waals surface area contributed by atoms with Crippen LogP contribution in [0.2, 0.25) is 15.1 Å². The SMILES string of the molecule is O=C1NC(=O)N(c2ccc(Cl)cc2)C(=O)/C1=C/c1cc(Cl)c(Oc2ccc(C(F)(F)F)cc2[N+](=O)[O-])c(Cl)c1. The van der Waals surface area contributed by atoms with Crippen LogP contribution in [0.3, 0.4) is 0 Å². The van der Waals surface area contributed by atoms with Crippen molar-refractivity contribution in [3.8, 4) is 11.5 Å². The van der Waals surface area contributed by atoms with Crippen molar-refractivity contribution in [1.82, 2.24) is 5.32 Å². The second-order valence-electron chi connectivity index (χ2n) is 7.79. The average Bonchev–Trinajstić information content (AvgIpc) is 2.84. The highest BCUT2D eigenvalue weighted by Gasteiger charge is 2.37. The van der Waals surface area contributed by atoms with E-state index in [1.165, 1.54) is 36.4 Å². The number of urea groups is 1. The van der Waals surface area contributed by atoms with Gasteiger partial charge in [0.05, 0.1) is 26.2 Å². The Morgan fingerprint density at radius 3 is 2.13 bits per heavy atom. The Kier molecular flexibility index (Phi) is 7.55. The molecule has 1 heterocycles. The number of hydrogen-bond acceptors (Lipinski definition) is 6. The van der Waals surface area contributed by atoms with Crippen LogP contribution in [0.25, 0.3) is 6.08 Å². The molecule has 3 aromatic rings. The predicted molar refractivity (Wildman–Crippen MR) is 135 cm³/mol. The third-order valence-corrected chi connectivity index (χ3v) is 6.03. The van der Waals surface area contributed by atoms with Crippen LogP contribution in [0.5, 0.6) is 11.5 Å². The molecule has 9 nitrogen and oxygen atoms in total. The standard InChI is InChI=1S/C24H11Cl3F3N3O6/c25-13-2-4-14(5-3-13)32-22(35)15(21(34)31-23(32)36)7-11-8-16(26)20(17(27)9-11)39-19-6-1-12(24(28,29)30)10-18(19)33(37)38/h1-10H,(H,31,34,36)/b15-7+. The largest absolute Gasteiger partial charge is 0.447 e. The Morgan fingerprint density at radius 1 is 0.949 bits per heavy atom. The molecule has 0 aliphatic carbocycles. The van der Waals surface area contributed by atoms with Gasteiger partial charge < -0.3 is 4.74 Å². The molecule has 39 heavy (non-hydrogen) atoms. The number of anilines is 1. The van der Waals surface area contributed by atoms with Crippen LogP contribution >= 0.6 is 34.8 Å². The van der Waals surface area contributed by atoms with Crippen molar-refractivity contribution < 1.29 is 37.2 Å². The van der Waals surface area contributed by atoms with Crippen LogP contribution in [0.4, 0.5) is 29.3 Å². The van der Waals surface area contributed by atoms with E-state index in [9.17, 15) is 37.7 Å². The van der Waals surface area contributed by atoms with Gasteiger partial charge in [0.25, 0.3) is 11.8 Å². The number of carbonyl (C=O) groups is 3. The molecule has 0 saturated carbocycles. The fourth-order valence-corrected chi connectivity index (χ4v) is 4.15. The van der Waals surface area contributed by atoms with Gasteiger partial charge in [0.15, 0.2) is 5.75 Å². The number of halogens is 6. The highest BCUT2D eigenvalue weighted by atomic mass is 35.5. The highest BCUT2D eigenvalue weighted by Crippen LogP contribution is 2.42. The molecule has 1 fully saturated rings. The summed E-state index contributed by atoms with van der Waals surface area (Å²) in [4.78, 5) is 48.8. The number of nitrogens with one attached hydrogen (secondary N) is 1. The Morgan fingerprint density at radius 2 is 1.56 bits per heavy atom. The minimum absolute atomic E-state index is 0.100. The van der Waals surface area contributed by atoms with Crippen LogP contribution in [0.15, 0.2) is 60.2 Å². The Hall–Kier alpha value is -4.13. The summed E-state index contributed by atoms with van der Waals surface area (Å²) in [6.45, 7) is 0. The molecule has 0 bridgehead atoms. The number of amides is 4. The summed E-state index contributed by atoms with van der Waals surface area (Å²) in [5, 5.41) is 13.2. The molecule has 1 saturated heterocycles. The van der Waals surface area contributed by atoms with Crippen LogP contribution in [0.1, 0.15) is 11.1 Å². The van der Waals surface area contributed by atoms with Crippen molar-refractivity contribution in [3.05, 3.63) is 96.5 Å². The number of carbonyl (C=O) groups excluding carboxylic acids is 3. The normalized spacial score (nSPS) is 15.0. The number of nitro benzene ring substituents is 1. The zero-order chi connectivity index (χ0) is 28.6. The summed E-state index contributed by atoms with van der Waals surface area (Å²) < 4.78 is 44.3. The molecule has 0 atom stereocenters. The van der Waals surface area contributed by atoms with Crippen LogP contribution in [-0.2, 0) is 15.8 Å². The second kappa shape index (κ2) is 10.6. The minimum Gasteiger partial charge on any atom is -0.447 e. The van der Waals surface area contributed by atoms with Gasteiger partial charge in [-0.1, -0.05) is 34.8 Å². The van der Waals surface area contributed by atoms with Crippen molar-refractivity contribution in [1.29, 1.82) is 0 Å². The molecule has 4 amide bonds. The van der Waals surface area contributed by atoms with Crippen molar-refractivity contribution in [2.45, 2.75) is 6.18 Å². The van der Waals surface area contributed by atoms with Gasteiger partial charge in [-0.3, -0.25) is 25.0 Å². The monoisotopic (exact) mass is 599 g/mol. The number of barbiturate groups is 1. The molecule has 1 aliphatic heterocycles. The van der Waals surface area contributed by atoms with E-state index in [4.69, 9.17) is 39.5 Å². The summed E-state index contributed by atoms with van der Waals surface area (Å²) in [5.74, 6) is -2.86. The van der Waals surface area contributed by atoms with Crippen molar-refractivity contribution >= 4 is 70.1 Å². The first kappa shape index (κ1) is 27.9. The third-order valence-electron chi connectivity index (χ3n) is 5.21. The number of rotatable bonds is 5. The number of nitro groups is 1. The summed E-state index contributed by atoms with van der Waals surface area (Å²) in [6.07, 6.45) is -3.74. The minimum atomic E-state index is -4.83. The van der Waals surface area contributed by atoms with Crippen molar-refractivity contribution in [2.75, 3.05) is 4.90 Å². The number of hydrogen-bond donors (Lipinski definition) is 1. The quantitative estimate of drug-likeness (QED) is 0.145. The van der Waals surface area contributed by atoms with Gasteiger partial charge in [-0.05, 0) is 60.2 Å². The molecule has 0 radical (unpaired) electrons. The van der Waals surface area contributed by atoms with Crippen LogP contribution in [-0.4, -0.2) is 22.8 Å². The lowest BCUT2D eigenvalue weighted by atomic mass is 10.1. The predicted octanol–water partition coefficient (Wildman–Crippen LogP) is 7.03. The molecule has 3 aromatic carbocycles. The number of ether oxygens (including phenoxy) is 1. The third kappa shape index (κ3) is 5.82. The van der Waals surface area contributed by atoms with E-state index in [0.29, 0.717) is 22.1 Å². The van der Waals surface area contributed by atoms with Gasteiger partial charge in [0, 0.05) is 11.1 Å². The Labute approximate surface area is 231 Å². The Balaban J connectivity index is 1.68. The fraction of sp³-hybridized carbons (Fsp3) is 0.0417. The van der Waals surface area contributed by atoms with Crippen LogP contribution in [0, 0.1) is 10.1 Å². The first-order valence-electron chi connectivity index (χ1n) is 10.5. The van der Waals surface area contributed by atoms with Gasteiger partial charge in [-0.15, -0.1) is 0 Å². The van der Waals surface area contributed by atoms with E-state index in [1.54, 1.807) is 0 Å². The van der Waals surface area contributed by atoms with Crippen molar-refractivity contribution in [3.63, 3.8) is 0 Å². The first-order chi connectivity index (χ1) is 18.3. The highest BCUT2D eigenvalue weighted by molar-refractivity contribution is 6.40. The zero-order valence-electron chi connectivity index (χ0n) is 18.9. The molecule has 1 N–H and O–H groups in total. The molecule has 200 valence electrons. The van der Waals surface area contributed by atoms with Gasteiger partial charge in [-0.25, -0.2) is 9.69 Å². The molecule has 15 heteroatoms. The summed E-state index contributed by atoms with van der Waals surface area (Å²) >= 11 is 18.3. The van der Waals surface area contributed by atoms with Gasteiger partial charge in [-0.2, -0.15) is 13.2 Å². The molecule has 1 aliphatic rings. The molecular weight excluding hydrogens is 590 g/mol. The summed E-state index contributed by atoms with van der Waals surface area (Å²) in [6, 6.07) is 8.71. The number of imide groups is 2. The first-order valence-corrected chi connectivity index (χ1v) is 11.6. The lowest BCUT2D eigenvalue weighted by Crippen LogP contribution is -2.54. The topological polar surface area (TPSA) is 119 Å². The fourth-order valence-electron chi connectivity index (χ4n) is 3.44. The lowest BCUT2D eigenvalue weighted by molar-refractivity contribution is -0.385. The molecule has 0 unspecified atom stereocenters. The number of nitrogens with zero attached hydrogens (tertiary/aromatic N) is 2. The van der Waals surface area contributed by atoms with Gasteiger partial charge in [0.1, 0.15) is 5.57 Å². The van der Waals surface area contributed by atoms with Crippen LogP contribution < -0.4 is 15.0 Å². The van der Waals surface area contributed by atoms with Gasteiger partial charge in [0.2, 0.25) is 5.75 Å². The zero-order valence-corrected chi connectivity index (χ0v) is 21.2. The van der Waals surface area contributed by atoms with E-state index in [0.717, 1.165) is 12.1 Å². The maximum Gasteiger partial charge on any atom is 0.416 e.